The number of hydrogen-bond acceptors (Lipinski definition) is 2. The molecule has 1 aromatic rings. The molecule has 2 nitrogen and oxygen atoms in total. The molecule has 0 saturated carbocycles. The van der Waals surface area contributed by atoms with Crippen molar-refractivity contribution in [2.75, 3.05) is 6.61 Å². The molecule has 0 radical (unpaired) electrons. The highest BCUT2D eigenvalue weighted by Gasteiger charge is 2.26. The van der Waals surface area contributed by atoms with E-state index in [4.69, 9.17) is 9.47 Å². The van der Waals surface area contributed by atoms with Gasteiger partial charge in [0.25, 0.3) is 0 Å². The Balaban J connectivity index is 2.27. The molecular weight excluding hydrogens is 188 g/mol. The van der Waals surface area contributed by atoms with Crippen LogP contribution >= 0.6 is 0 Å². The minimum Gasteiger partial charge on any atom is -0.494 e. The number of fused-ring (bicyclic) bond motifs is 1. The summed E-state index contributed by atoms with van der Waals surface area (Å²) in [4.78, 5) is 0. The highest BCUT2D eigenvalue weighted by atomic mass is 16.5. The zero-order valence-electron chi connectivity index (χ0n) is 9.67. The maximum absolute atomic E-state index is 5.93. The molecule has 0 aromatic heterocycles. The van der Waals surface area contributed by atoms with Crippen LogP contribution < -0.4 is 9.47 Å². The second-order valence-corrected chi connectivity index (χ2v) is 4.56. The zero-order valence-corrected chi connectivity index (χ0v) is 9.67. The number of aryl methyl sites for hydroxylation is 1. The number of ether oxygens (including phenoxy) is 2. The molecule has 1 heterocycles. The molecule has 82 valence electrons. The summed E-state index contributed by atoms with van der Waals surface area (Å²) in [6.45, 7) is 6.94. The fourth-order valence-electron chi connectivity index (χ4n) is 1.88. The van der Waals surface area contributed by atoms with Gasteiger partial charge in [0.05, 0.1) is 6.61 Å². The van der Waals surface area contributed by atoms with Crippen LogP contribution in [0.25, 0.3) is 0 Å². The topological polar surface area (TPSA) is 18.5 Å². The Hall–Kier alpha value is -1.18. The van der Waals surface area contributed by atoms with Crippen molar-refractivity contribution in [2.24, 2.45) is 0 Å². The Kier molecular flexibility index (Phi) is 2.59. The van der Waals surface area contributed by atoms with Crippen molar-refractivity contribution in [3.63, 3.8) is 0 Å². The smallest absolute Gasteiger partial charge is 0.126 e. The summed E-state index contributed by atoms with van der Waals surface area (Å²) in [5, 5.41) is 0. The lowest BCUT2D eigenvalue weighted by Gasteiger charge is -2.32. The molecular formula is C13H18O2. The Labute approximate surface area is 91.2 Å². The summed E-state index contributed by atoms with van der Waals surface area (Å²) >= 11 is 0. The molecule has 2 rings (SSSR count). The van der Waals surface area contributed by atoms with Gasteiger partial charge in [-0.15, -0.1) is 0 Å². The maximum Gasteiger partial charge on any atom is 0.126 e. The van der Waals surface area contributed by atoms with Gasteiger partial charge in [-0.2, -0.15) is 0 Å². The van der Waals surface area contributed by atoms with Crippen molar-refractivity contribution in [2.45, 2.75) is 39.2 Å². The van der Waals surface area contributed by atoms with Crippen molar-refractivity contribution >= 4 is 0 Å². The van der Waals surface area contributed by atoms with E-state index in [9.17, 15) is 0 Å². The van der Waals surface area contributed by atoms with Gasteiger partial charge in [-0.25, -0.2) is 0 Å². The molecule has 0 atom stereocenters. The van der Waals surface area contributed by atoms with E-state index in [0.717, 1.165) is 24.3 Å². The van der Waals surface area contributed by atoms with E-state index in [2.05, 4.69) is 19.9 Å². The lowest BCUT2D eigenvalue weighted by molar-refractivity contribution is 0.0842. The number of rotatable bonds is 2. The van der Waals surface area contributed by atoms with Crippen LogP contribution in [0.4, 0.5) is 0 Å². The molecule has 0 fully saturated rings. The van der Waals surface area contributed by atoms with Gasteiger partial charge in [-0.05, 0) is 45.2 Å². The Bertz CT molecular complexity index is 356. The summed E-state index contributed by atoms with van der Waals surface area (Å²) in [7, 11) is 0. The van der Waals surface area contributed by atoms with Gasteiger partial charge in [0.1, 0.15) is 17.1 Å². The van der Waals surface area contributed by atoms with Crippen LogP contribution in [0.5, 0.6) is 11.5 Å². The van der Waals surface area contributed by atoms with E-state index in [-0.39, 0.29) is 5.60 Å². The minimum absolute atomic E-state index is 0.0438. The van der Waals surface area contributed by atoms with Crippen LogP contribution in [0.2, 0.25) is 0 Å². The standard InChI is InChI=1S/C13H18O2/c1-4-14-11-6-5-10-7-8-13(2,3)15-12(10)9-11/h5-6,9H,4,7-8H2,1-3H3. The van der Waals surface area contributed by atoms with Gasteiger partial charge >= 0.3 is 0 Å². The predicted molar refractivity (Wildman–Crippen MR) is 60.6 cm³/mol. The van der Waals surface area contributed by atoms with E-state index in [0.29, 0.717) is 6.61 Å². The number of benzene rings is 1. The maximum atomic E-state index is 5.93. The lowest BCUT2D eigenvalue weighted by atomic mass is 9.94. The first-order valence-electron chi connectivity index (χ1n) is 5.55. The summed E-state index contributed by atoms with van der Waals surface area (Å²) < 4.78 is 11.4. The molecule has 15 heavy (non-hydrogen) atoms. The summed E-state index contributed by atoms with van der Waals surface area (Å²) in [6, 6.07) is 6.12. The summed E-state index contributed by atoms with van der Waals surface area (Å²) in [5.41, 5.74) is 1.25. The fraction of sp³-hybridized carbons (Fsp3) is 0.538. The van der Waals surface area contributed by atoms with Gasteiger partial charge < -0.3 is 9.47 Å². The largest absolute Gasteiger partial charge is 0.494 e. The molecule has 1 aliphatic heterocycles. The van der Waals surface area contributed by atoms with E-state index in [1.807, 2.05) is 19.1 Å². The molecule has 0 N–H and O–H groups in total. The van der Waals surface area contributed by atoms with Gasteiger partial charge in [0.2, 0.25) is 0 Å². The highest BCUT2D eigenvalue weighted by Crippen LogP contribution is 2.35. The second kappa shape index (κ2) is 3.76. The van der Waals surface area contributed by atoms with Crippen LogP contribution in [-0.4, -0.2) is 12.2 Å². The van der Waals surface area contributed by atoms with E-state index < -0.39 is 0 Å². The highest BCUT2D eigenvalue weighted by molar-refractivity contribution is 5.42. The van der Waals surface area contributed by atoms with Crippen molar-refractivity contribution in [1.29, 1.82) is 0 Å². The van der Waals surface area contributed by atoms with Crippen molar-refractivity contribution in [3.8, 4) is 11.5 Å². The van der Waals surface area contributed by atoms with Crippen molar-refractivity contribution in [1.82, 2.24) is 0 Å². The second-order valence-electron chi connectivity index (χ2n) is 4.56. The first kappa shape index (κ1) is 10.3. The average Bonchev–Trinajstić information content (AvgIpc) is 2.16. The molecule has 2 heteroatoms. The Morgan fingerprint density at radius 3 is 2.93 bits per heavy atom. The van der Waals surface area contributed by atoms with Crippen LogP contribution in [0.3, 0.4) is 0 Å². The Morgan fingerprint density at radius 2 is 2.20 bits per heavy atom. The average molecular weight is 206 g/mol. The van der Waals surface area contributed by atoms with Gasteiger partial charge in [-0.3, -0.25) is 0 Å². The predicted octanol–water partition coefficient (Wildman–Crippen LogP) is 3.19. The van der Waals surface area contributed by atoms with Crippen molar-refractivity contribution in [3.05, 3.63) is 23.8 Å². The van der Waals surface area contributed by atoms with Gasteiger partial charge in [0, 0.05) is 6.07 Å². The van der Waals surface area contributed by atoms with E-state index in [1.54, 1.807) is 0 Å². The van der Waals surface area contributed by atoms with Crippen molar-refractivity contribution < 1.29 is 9.47 Å². The third-order valence-corrected chi connectivity index (χ3v) is 2.73. The molecule has 1 aromatic carbocycles. The summed E-state index contributed by atoms with van der Waals surface area (Å²) in [5.74, 6) is 1.88. The van der Waals surface area contributed by atoms with Gasteiger partial charge in [0.15, 0.2) is 0 Å². The molecule has 0 saturated heterocycles. The molecule has 0 unspecified atom stereocenters. The lowest BCUT2D eigenvalue weighted by Crippen LogP contribution is -2.32. The molecule has 0 amide bonds. The first-order valence-corrected chi connectivity index (χ1v) is 5.55. The number of hydrogen-bond donors (Lipinski definition) is 0. The third-order valence-electron chi connectivity index (χ3n) is 2.73. The third kappa shape index (κ3) is 2.25. The van der Waals surface area contributed by atoms with Crippen LogP contribution in [0, 0.1) is 0 Å². The molecule has 0 bridgehead atoms. The van der Waals surface area contributed by atoms with E-state index >= 15 is 0 Å². The minimum atomic E-state index is -0.0438. The molecule has 0 spiro atoms. The Morgan fingerprint density at radius 1 is 1.40 bits per heavy atom. The molecule has 1 aliphatic rings. The zero-order chi connectivity index (χ0) is 10.9. The quantitative estimate of drug-likeness (QED) is 0.739. The van der Waals surface area contributed by atoms with Crippen LogP contribution in [-0.2, 0) is 6.42 Å². The van der Waals surface area contributed by atoms with E-state index in [1.165, 1.54) is 5.56 Å². The van der Waals surface area contributed by atoms with Crippen LogP contribution in [0.1, 0.15) is 32.8 Å². The fourth-order valence-corrected chi connectivity index (χ4v) is 1.88. The monoisotopic (exact) mass is 206 g/mol. The summed E-state index contributed by atoms with van der Waals surface area (Å²) in [6.07, 6.45) is 2.17. The normalized spacial score (nSPS) is 17.8. The SMILES string of the molecule is CCOc1ccc2c(c1)OC(C)(C)CC2. The van der Waals surface area contributed by atoms with Crippen LogP contribution in [0.15, 0.2) is 18.2 Å². The molecule has 0 aliphatic carbocycles. The van der Waals surface area contributed by atoms with Gasteiger partial charge in [-0.1, -0.05) is 6.07 Å². The first-order chi connectivity index (χ1) is 7.11.